The van der Waals surface area contributed by atoms with Gasteiger partial charge >= 0.3 is 0 Å². The molecule has 0 unspecified atom stereocenters. The number of hydrazone groups is 1. The maximum Gasteiger partial charge on any atom is 0.269 e. The van der Waals surface area contributed by atoms with Gasteiger partial charge in [-0.3, -0.25) is 14.9 Å². The largest absolute Gasteiger partial charge is 0.489 e. The van der Waals surface area contributed by atoms with Crippen LogP contribution in [0.4, 0.5) is 5.69 Å². The van der Waals surface area contributed by atoms with Crippen molar-refractivity contribution in [3.8, 4) is 5.75 Å². The topological polar surface area (TPSA) is 93.8 Å². The molecule has 142 valence electrons. The number of nitro groups is 1. The van der Waals surface area contributed by atoms with Crippen molar-refractivity contribution in [3.05, 3.63) is 64.8 Å². The minimum Gasteiger partial charge on any atom is -0.489 e. The van der Waals surface area contributed by atoms with Crippen LogP contribution in [0.2, 0.25) is 0 Å². The molecular weight excluding hydrogens is 576 g/mol. The van der Waals surface area contributed by atoms with Gasteiger partial charge in [0.15, 0.2) is 0 Å². The number of amides is 1. The highest BCUT2D eigenvalue weighted by Crippen LogP contribution is 2.29. The molecule has 0 aromatic heterocycles. The second-order valence-corrected chi connectivity index (χ2v) is 8.20. The van der Waals surface area contributed by atoms with E-state index in [4.69, 9.17) is 4.74 Å². The van der Waals surface area contributed by atoms with Crippen LogP contribution >= 0.6 is 45.2 Å². The fourth-order valence-electron chi connectivity index (χ4n) is 2.14. The van der Waals surface area contributed by atoms with Crippen LogP contribution in [0.3, 0.4) is 0 Å². The van der Waals surface area contributed by atoms with E-state index >= 15 is 0 Å². The first-order chi connectivity index (χ1) is 12.8. The first-order valence-corrected chi connectivity index (χ1v) is 10.1. The van der Waals surface area contributed by atoms with Crippen molar-refractivity contribution >= 4 is 63.0 Å². The zero-order valence-electron chi connectivity index (χ0n) is 14.6. The minimum absolute atomic E-state index is 0.00808. The van der Waals surface area contributed by atoms with Crippen LogP contribution in [0, 0.1) is 17.3 Å². The number of non-ortho nitro benzene ring substituents is 1. The van der Waals surface area contributed by atoms with Gasteiger partial charge in [-0.15, -0.1) is 0 Å². The van der Waals surface area contributed by atoms with Crippen LogP contribution in [0.25, 0.3) is 0 Å². The van der Waals surface area contributed by atoms with Crippen LogP contribution in [0.15, 0.2) is 41.5 Å². The molecule has 1 amide bonds. The van der Waals surface area contributed by atoms with E-state index in [1.54, 1.807) is 18.3 Å². The lowest BCUT2D eigenvalue weighted by Gasteiger charge is -2.14. The molecule has 0 aliphatic carbocycles. The number of nitrogens with zero attached hydrogens (tertiary/aromatic N) is 2. The van der Waals surface area contributed by atoms with Crippen molar-refractivity contribution < 1.29 is 14.5 Å². The van der Waals surface area contributed by atoms with E-state index in [-0.39, 0.29) is 24.1 Å². The zero-order valence-corrected chi connectivity index (χ0v) is 18.9. The first kappa shape index (κ1) is 21.5. The summed E-state index contributed by atoms with van der Waals surface area (Å²) < 4.78 is 7.72. The smallest absolute Gasteiger partial charge is 0.269 e. The summed E-state index contributed by atoms with van der Waals surface area (Å²) in [4.78, 5) is 22.1. The average molecular weight is 593 g/mol. The van der Waals surface area contributed by atoms with Gasteiger partial charge in [0.05, 0.1) is 30.8 Å². The van der Waals surface area contributed by atoms with Crippen molar-refractivity contribution in [2.24, 2.45) is 5.10 Å². The van der Waals surface area contributed by atoms with Crippen molar-refractivity contribution in [1.82, 2.24) is 5.43 Å². The van der Waals surface area contributed by atoms with E-state index in [1.165, 1.54) is 12.1 Å². The second kappa shape index (κ2) is 9.97. The molecule has 0 atom stereocenters. The number of rotatable bonds is 7. The van der Waals surface area contributed by atoms with Gasteiger partial charge in [0.2, 0.25) is 5.91 Å². The molecule has 9 heteroatoms. The Morgan fingerprint density at radius 2 is 1.85 bits per heavy atom. The molecule has 0 heterocycles. The monoisotopic (exact) mass is 593 g/mol. The summed E-state index contributed by atoms with van der Waals surface area (Å²) in [6.45, 7) is 3.95. The molecule has 27 heavy (non-hydrogen) atoms. The molecule has 0 aliphatic rings. The normalized spacial score (nSPS) is 11.0. The molecule has 0 fully saturated rings. The van der Waals surface area contributed by atoms with Gasteiger partial charge < -0.3 is 4.74 Å². The van der Waals surface area contributed by atoms with Crippen LogP contribution in [-0.2, 0) is 11.2 Å². The summed E-state index contributed by atoms with van der Waals surface area (Å²) in [7, 11) is 0. The second-order valence-electron chi connectivity index (χ2n) is 5.87. The van der Waals surface area contributed by atoms with E-state index in [9.17, 15) is 14.9 Å². The maximum atomic E-state index is 11.9. The van der Waals surface area contributed by atoms with E-state index in [0.717, 1.165) is 18.5 Å². The van der Waals surface area contributed by atoms with E-state index in [1.807, 2.05) is 26.0 Å². The zero-order chi connectivity index (χ0) is 20.0. The number of nitrogens with one attached hydrogen (secondary N) is 1. The highest BCUT2D eigenvalue weighted by molar-refractivity contribution is 14.1. The van der Waals surface area contributed by atoms with Gasteiger partial charge in [-0.05, 0) is 82.3 Å². The van der Waals surface area contributed by atoms with Gasteiger partial charge in [-0.2, -0.15) is 5.10 Å². The van der Waals surface area contributed by atoms with E-state index in [2.05, 4.69) is 55.7 Å². The summed E-state index contributed by atoms with van der Waals surface area (Å²) in [5.74, 6) is 0.537. The molecule has 0 saturated heterocycles. The Kier molecular flexibility index (Phi) is 7.95. The third kappa shape index (κ3) is 6.72. The van der Waals surface area contributed by atoms with Crippen molar-refractivity contribution in [1.29, 1.82) is 0 Å². The highest BCUT2D eigenvalue weighted by atomic mass is 127. The van der Waals surface area contributed by atoms with Crippen molar-refractivity contribution in [2.75, 3.05) is 0 Å². The predicted octanol–water partition coefficient (Wildman–Crippen LogP) is 4.28. The maximum absolute atomic E-state index is 11.9. The molecule has 2 aromatic carbocycles. The molecule has 7 nitrogen and oxygen atoms in total. The summed E-state index contributed by atoms with van der Waals surface area (Å²) in [6, 6.07) is 9.70. The Morgan fingerprint density at radius 1 is 1.26 bits per heavy atom. The van der Waals surface area contributed by atoms with Crippen LogP contribution in [-0.4, -0.2) is 23.1 Å². The molecule has 0 spiro atoms. The molecule has 2 aromatic rings. The first-order valence-electron chi connectivity index (χ1n) is 7.97. The summed E-state index contributed by atoms with van der Waals surface area (Å²) >= 11 is 4.41. The lowest BCUT2D eigenvalue weighted by atomic mass is 10.1. The lowest BCUT2D eigenvalue weighted by molar-refractivity contribution is -0.384. The van der Waals surface area contributed by atoms with Gasteiger partial charge in [0, 0.05) is 12.1 Å². The molecule has 0 bridgehead atoms. The average Bonchev–Trinajstić information content (AvgIpc) is 2.58. The number of ether oxygens (including phenoxy) is 1. The Balaban J connectivity index is 1.96. The number of halogens is 2. The summed E-state index contributed by atoms with van der Waals surface area (Å²) in [5.41, 5.74) is 3.97. The summed E-state index contributed by atoms with van der Waals surface area (Å²) in [5, 5.41) is 14.6. The van der Waals surface area contributed by atoms with E-state index in [0.29, 0.717) is 5.56 Å². The van der Waals surface area contributed by atoms with Crippen molar-refractivity contribution in [3.63, 3.8) is 0 Å². The Morgan fingerprint density at radius 3 is 2.37 bits per heavy atom. The third-order valence-corrected chi connectivity index (χ3v) is 4.89. The van der Waals surface area contributed by atoms with Crippen LogP contribution in [0.1, 0.15) is 25.0 Å². The van der Waals surface area contributed by atoms with Crippen LogP contribution in [0.5, 0.6) is 5.75 Å². The lowest BCUT2D eigenvalue weighted by Crippen LogP contribution is -2.19. The Bertz CT molecular complexity index is 844. The van der Waals surface area contributed by atoms with Crippen molar-refractivity contribution in [2.45, 2.75) is 26.4 Å². The van der Waals surface area contributed by atoms with Gasteiger partial charge in [-0.25, -0.2) is 5.43 Å². The third-order valence-electron chi connectivity index (χ3n) is 3.29. The standard InChI is InChI=1S/C18H17I2N3O4/c1-11(2)27-18-15(19)7-13(8-16(18)20)10-21-22-17(24)9-12-3-5-14(6-4-12)23(25)26/h3-8,10-11H,9H2,1-2H3,(H,22,24)/b21-10-. The molecule has 1 N–H and O–H groups in total. The SMILES string of the molecule is CC(C)Oc1c(I)cc(/C=N\NC(=O)Cc2ccc([N+](=O)[O-])cc2)cc1I. The fourth-order valence-corrected chi connectivity index (χ4v) is 4.21. The number of nitro benzene ring substituents is 1. The number of hydrogen-bond acceptors (Lipinski definition) is 5. The van der Waals surface area contributed by atoms with E-state index < -0.39 is 4.92 Å². The minimum atomic E-state index is -0.478. The van der Waals surface area contributed by atoms with Gasteiger partial charge in [-0.1, -0.05) is 12.1 Å². The Labute approximate surface area is 184 Å². The number of carbonyl (C=O) groups excluding carboxylic acids is 1. The quantitative estimate of drug-likeness (QED) is 0.225. The van der Waals surface area contributed by atoms with Gasteiger partial charge in [0.25, 0.3) is 5.69 Å². The predicted molar refractivity (Wildman–Crippen MR) is 120 cm³/mol. The summed E-state index contributed by atoms with van der Waals surface area (Å²) in [6.07, 6.45) is 1.74. The molecule has 0 aliphatic heterocycles. The Hall–Kier alpha value is -1.76. The molecule has 2 rings (SSSR count). The number of hydrogen-bond donors (Lipinski definition) is 1. The molecular formula is C18H17I2N3O4. The molecule has 0 radical (unpaired) electrons. The van der Waals surface area contributed by atoms with Gasteiger partial charge in [0.1, 0.15) is 5.75 Å². The number of carbonyl (C=O) groups is 1. The van der Waals surface area contributed by atoms with Crippen LogP contribution < -0.4 is 10.2 Å². The molecule has 0 saturated carbocycles. The highest BCUT2D eigenvalue weighted by Gasteiger charge is 2.10. The number of benzene rings is 2. The fraction of sp³-hybridized carbons (Fsp3) is 0.222.